The van der Waals surface area contributed by atoms with Crippen LogP contribution in [0.5, 0.6) is 0 Å². The Labute approximate surface area is 116 Å². The van der Waals surface area contributed by atoms with Crippen molar-refractivity contribution in [1.29, 1.82) is 0 Å². The quantitative estimate of drug-likeness (QED) is 0.789. The van der Waals surface area contributed by atoms with Crippen molar-refractivity contribution < 1.29 is 0 Å². The molecule has 0 spiro atoms. The van der Waals surface area contributed by atoms with Crippen LogP contribution in [-0.2, 0) is 0 Å². The molecule has 98 valence electrons. The van der Waals surface area contributed by atoms with Crippen molar-refractivity contribution in [2.45, 2.75) is 31.3 Å². The van der Waals surface area contributed by atoms with Crippen LogP contribution in [0.3, 0.4) is 0 Å². The molecule has 3 rings (SSSR count). The second-order valence-electron chi connectivity index (χ2n) is 4.98. The molecule has 2 unspecified atom stereocenters. The maximum Gasteiger partial charge on any atom is 0.245 e. The van der Waals surface area contributed by atoms with E-state index >= 15 is 0 Å². The summed E-state index contributed by atoms with van der Waals surface area (Å²) in [5.41, 5.74) is 0. The first kappa shape index (κ1) is 12.4. The molecule has 0 aliphatic carbocycles. The molecule has 0 N–H and O–H groups in total. The smallest absolute Gasteiger partial charge is 0.245 e. The van der Waals surface area contributed by atoms with Gasteiger partial charge in [0, 0.05) is 25.2 Å². The summed E-state index contributed by atoms with van der Waals surface area (Å²) in [6.07, 6.45) is 3.66. The molecule has 2 atom stereocenters. The van der Waals surface area contributed by atoms with Gasteiger partial charge in [-0.3, -0.25) is 4.90 Å². The number of hydrogen-bond acceptors (Lipinski definition) is 5. The number of nitrogens with zero attached hydrogens (tertiary/aromatic N) is 5. The number of hydrogen-bond donors (Lipinski definition) is 0. The number of fused-ring (bicyclic) bond motifs is 2. The molecule has 7 heteroatoms. The minimum atomic E-state index is 0.150. The summed E-state index contributed by atoms with van der Waals surface area (Å²) < 4.78 is 0. The summed E-state index contributed by atoms with van der Waals surface area (Å²) in [5.74, 6) is 0.664. The monoisotopic (exact) mass is 287 g/mol. The van der Waals surface area contributed by atoms with Crippen molar-refractivity contribution in [2.75, 3.05) is 25.0 Å². The lowest BCUT2D eigenvalue weighted by molar-refractivity contribution is 0.254. The average Bonchev–Trinajstić information content (AvgIpc) is 2.57. The van der Waals surface area contributed by atoms with E-state index < -0.39 is 0 Å². The third kappa shape index (κ3) is 2.15. The van der Waals surface area contributed by atoms with Crippen LogP contribution < -0.4 is 4.90 Å². The van der Waals surface area contributed by atoms with E-state index in [1.165, 1.54) is 12.8 Å². The Morgan fingerprint density at radius 1 is 1.11 bits per heavy atom. The van der Waals surface area contributed by atoms with Gasteiger partial charge in [0.25, 0.3) is 0 Å². The summed E-state index contributed by atoms with van der Waals surface area (Å²) >= 11 is 11.9. The molecular formula is C11H15Cl2N5. The fourth-order valence-corrected chi connectivity index (χ4v) is 3.31. The highest BCUT2D eigenvalue weighted by molar-refractivity contribution is 6.32. The first-order chi connectivity index (χ1) is 8.65. The van der Waals surface area contributed by atoms with Crippen LogP contribution in [0, 0.1) is 0 Å². The molecule has 2 aliphatic rings. The number of rotatable bonds is 1. The molecule has 5 nitrogen and oxygen atoms in total. The number of anilines is 1. The van der Waals surface area contributed by atoms with Gasteiger partial charge in [-0.1, -0.05) is 11.6 Å². The van der Waals surface area contributed by atoms with Crippen molar-refractivity contribution in [1.82, 2.24) is 20.1 Å². The van der Waals surface area contributed by atoms with E-state index in [1.54, 1.807) is 0 Å². The van der Waals surface area contributed by atoms with Crippen LogP contribution in [0.15, 0.2) is 0 Å². The molecule has 2 fully saturated rings. The highest BCUT2D eigenvalue weighted by atomic mass is 35.5. The van der Waals surface area contributed by atoms with E-state index in [0.29, 0.717) is 23.1 Å². The third-order valence-corrected chi connectivity index (χ3v) is 4.46. The maximum absolute atomic E-state index is 6.07. The predicted octanol–water partition coefficient (Wildman–Crippen LogP) is 1.85. The van der Waals surface area contributed by atoms with Crippen molar-refractivity contribution in [3.8, 4) is 0 Å². The fraction of sp³-hybridized carbons (Fsp3) is 0.727. The third-order valence-electron chi connectivity index (χ3n) is 4.05. The first-order valence-electron chi connectivity index (χ1n) is 6.18. The van der Waals surface area contributed by atoms with Gasteiger partial charge in [-0.05, 0) is 37.9 Å². The van der Waals surface area contributed by atoms with Crippen LogP contribution in [0.2, 0.25) is 10.4 Å². The second-order valence-corrected chi connectivity index (χ2v) is 5.68. The summed E-state index contributed by atoms with van der Waals surface area (Å²) in [7, 11) is 2.21. The lowest BCUT2D eigenvalue weighted by Crippen LogP contribution is -2.37. The van der Waals surface area contributed by atoms with E-state index in [9.17, 15) is 0 Å². The molecule has 2 saturated heterocycles. The van der Waals surface area contributed by atoms with Crippen molar-refractivity contribution in [3.05, 3.63) is 10.4 Å². The Morgan fingerprint density at radius 2 is 1.89 bits per heavy atom. The lowest BCUT2D eigenvalue weighted by Gasteiger charge is -2.26. The van der Waals surface area contributed by atoms with Crippen molar-refractivity contribution >= 4 is 29.0 Å². The predicted molar refractivity (Wildman–Crippen MR) is 71.3 cm³/mol. The molecule has 1 aromatic heterocycles. The zero-order valence-corrected chi connectivity index (χ0v) is 11.7. The van der Waals surface area contributed by atoms with E-state index in [2.05, 4.69) is 32.0 Å². The molecule has 0 saturated carbocycles. The Morgan fingerprint density at radius 3 is 2.72 bits per heavy atom. The van der Waals surface area contributed by atoms with Crippen molar-refractivity contribution in [2.24, 2.45) is 0 Å². The van der Waals surface area contributed by atoms with E-state index in [0.717, 1.165) is 19.5 Å². The van der Waals surface area contributed by atoms with Crippen LogP contribution >= 0.6 is 23.2 Å². The van der Waals surface area contributed by atoms with Gasteiger partial charge in [0.05, 0.1) is 0 Å². The Kier molecular flexibility index (Phi) is 3.30. The zero-order valence-electron chi connectivity index (χ0n) is 10.2. The molecule has 2 bridgehead atoms. The number of halogens is 2. The van der Waals surface area contributed by atoms with Gasteiger partial charge < -0.3 is 4.90 Å². The van der Waals surface area contributed by atoms with Gasteiger partial charge in [0.1, 0.15) is 0 Å². The minimum absolute atomic E-state index is 0.150. The Balaban J connectivity index is 1.87. The van der Waals surface area contributed by atoms with Gasteiger partial charge in [-0.25, -0.2) is 0 Å². The summed E-state index contributed by atoms with van der Waals surface area (Å²) in [6.45, 7) is 1.88. The molecule has 0 amide bonds. The van der Waals surface area contributed by atoms with Crippen LogP contribution in [0.4, 0.5) is 5.82 Å². The second kappa shape index (κ2) is 4.79. The van der Waals surface area contributed by atoms with Crippen molar-refractivity contribution in [3.63, 3.8) is 0 Å². The first-order valence-corrected chi connectivity index (χ1v) is 6.93. The van der Waals surface area contributed by atoms with E-state index in [4.69, 9.17) is 23.2 Å². The fourth-order valence-electron chi connectivity index (χ4n) is 2.99. The van der Waals surface area contributed by atoms with E-state index in [-0.39, 0.29) is 5.28 Å². The van der Waals surface area contributed by atoms with Crippen LogP contribution in [-0.4, -0.2) is 52.3 Å². The minimum Gasteiger partial charge on any atom is -0.352 e. The molecule has 3 heterocycles. The van der Waals surface area contributed by atoms with Crippen LogP contribution in [0.25, 0.3) is 0 Å². The highest BCUT2D eigenvalue weighted by Crippen LogP contribution is 2.31. The van der Waals surface area contributed by atoms with Gasteiger partial charge >= 0.3 is 0 Å². The van der Waals surface area contributed by atoms with Gasteiger partial charge in [-0.2, -0.15) is 4.98 Å². The van der Waals surface area contributed by atoms with E-state index in [1.807, 2.05) is 0 Å². The summed E-state index contributed by atoms with van der Waals surface area (Å²) in [6, 6.07) is 1.26. The molecule has 2 aliphatic heterocycles. The van der Waals surface area contributed by atoms with Gasteiger partial charge in [0.2, 0.25) is 5.28 Å². The molecule has 18 heavy (non-hydrogen) atoms. The maximum atomic E-state index is 6.07. The average molecular weight is 288 g/mol. The molecular weight excluding hydrogens is 273 g/mol. The normalized spacial score (nSPS) is 28.5. The summed E-state index contributed by atoms with van der Waals surface area (Å²) in [5, 5.41) is 7.97. The molecule has 1 aromatic rings. The Bertz CT molecular complexity index is 455. The van der Waals surface area contributed by atoms with Gasteiger partial charge in [-0.15, -0.1) is 10.2 Å². The standard InChI is InChI=1S/C11H15Cl2N5/c1-17-7-2-3-8(17)6-18(5-4-7)10-9(12)15-16-11(13)14-10/h7-8H,2-6H2,1H3. The Hall–Kier alpha value is -0.650. The number of aromatic nitrogens is 3. The van der Waals surface area contributed by atoms with Crippen LogP contribution in [0.1, 0.15) is 19.3 Å². The summed E-state index contributed by atoms with van der Waals surface area (Å²) in [4.78, 5) is 8.87. The number of likely N-dealkylation sites (N-methyl/N-ethyl adjacent to an activating group) is 1. The zero-order chi connectivity index (χ0) is 12.7. The van der Waals surface area contributed by atoms with Gasteiger partial charge in [0.15, 0.2) is 11.0 Å². The molecule has 0 radical (unpaired) electrons. The highest BCUT2D eigenvalue weighted by Gasteiger charge is 2.35. The largest absolute Gasteiger partial charge is 0.352 e. The lowest BCUT2D eigenvalue weighted by atomic mass is 10.1. The SMILES string of the molecule is CN1C2CCC1CN(c1nc(Cl)nnc1Cl)CC2. The topological polar surface area (TPSA) is 45.2 Å². The molecule has 0 aromatic carbocycles.